The number of hydrogen-bond acceptors (Lipinski definition) is 8. The summed E-state index contributed by atoms with van der Waals surface area (Å²) in [5.74, 6) is 2.68. The highest BCUT2D eigenvalue weighted by Crippen LogP contribution is 2.34. The molecule has 1 aromatic heterocycles. The van der Waals surface area contributed by atoms with Gasteiger partial charge in [0.05, 0.1) is 19.9 Å². The van der Waals surface area contributed by atoms with E-state index in [1.807, 2.05) is 24.3 Å². The number of hydrogen-bond donors (Lipinski definition) is 2. The van der Waals surface area contributed by atoms with Crippen molar-refractivity contribution in [1.82, 2.24) is 14.9 Å². The van der Waals surface area contributed by atoms with Crippen LogP contribution in [0.5, 0.6) is 11.5 Å². The number of methoxy groups -OCH3 is 2. The summed E-state index contributed by atoms with van der Waals surface area (Å²) in [6.07, 6.45) is 1.54. The lowest BCUT2D eigenvalue weighted by molar-refractivity contribution is 0.249. The van der Waals surface area contributed by atoms with Crippen molar-refractivity contribution in [3.8, 4) is 11.5 Å². The summed E-state index contributed by atoms with van der Waals surface area (Å²) in [6, 6.07) is 16.1. The minimum absolute atomic E-state index is 0.517. The monoisotopic (exact) mass is 420 g/mol. The van der Waals surface area contributed by atoms with Gasteiger partial charge in [0.2, 0.25) is 0 Å². The number of nitrogens with one attached hydrogen (secondary N) is 1. The summed E-state index contributed by atoms with van der Waals surface area (Å²) in [5, 5.41) is 3.27. The summed E-state index contributed by atoms with van der Waals surface area (Å²) in [7, 11) is 3.25. The molecule has 1 saturated heterocycles. The van der Waals surface area contributed by atoms with Crippen LogP contribution in [-0.2, 0) is 6.54 Å². The van der Waals surface area contributed by atoms with E-state index in [0.29, 0.717) is 23.0 Å². The van der Waals surface area contributed by atoms with Gasteiger partial charge in [-0.05, 0) is 17.7 Å². The lowest BCUT2D eigenvalue weighted by atomic mass is 10.2. The third-order valence-electron chi connectivity index (χ3n) is 5.44. The molecule has 0 spiro atoms. The molecule has 0 unspecified atom stereocenters. The van der Waals surface area contributed by atoms with Gasteiger partial charge in [-0.2, -0.15) is 0 Å². The molecule has 8 heteroatoms. The van der Waals surface area contributed by atoms with Crippen LogP contribution in [-0.4, -0.2) is 55.3 Å². The Morgan fingerprint density at radius 1 is 0.968 bits per heavy atom. The standard InChI is InChI=1S/C23H28N6O2/c1-30-18-8-9-20(31-2)19(14-18)27-22-21(24)23(26-16-25-22)29-12-10-28(11-13-29)15-17-6-4-3-5-7-17/h3-9,14,16H,10-13,15,24H2,1-2H3,(H,25,26,27). The Balaban J connectivity index is 1.46. The first-order chi connectivity index (χ1) is 15.2. The van der Waals surface area contributed by atoms with Crippen molar-refractivity contribution in [2.45, 2.75) is 6.54 Å². The zero-order valence-corrected chi connectivity index (χ0v) is 17.9. The third-order valence-corrected chi connectivity index (χ3v) is 5.44. The molecule has 1 fully saturated rings. The van der Waals surface area contributed by atoms with Gasteiger partial charge >= 0.3 is 0 Å². The van der Waals surface area contributed by atoms with Crippen molar-refractivity contribution in [2.24, 2.45) is 0 Å². The summed E-state index contributed by atoms with van der Waals surface area (Å²) in [5.41, 5.74) is 9.04. The Bertz CT molecular complexity index is 1010. The van der Waals surface area contributed by atoms with Gasteiger partial charge < -0.3 is 25.4 Å². The Morgan fingerprint density at radius 3 is 2.45 bits per heavy atom. The fraction of sp³-hybridized carbons (Fsp3) is 0.304. The van der Waals surface area contributed by atoms with Crippen LogP contribution in [0.25, 0.3) is 0 Å². The molecule has 1 aliphatic heterocycles. The fourth-order valence-corrected chi connectivity index (χ4v) is 3.74. The Hall–Kier alpha value is -3.52. The molecule has 3 aromatic rings. The van der Waals surface area contributed by atoms with E-state index >= 15 is 0 Å². The van der Waals surface area contributed by atoms with E-state index in [4.69, 9.17) is 15.2 Å². The van der Waals surface area contributed by atoms with E-state index in [2.05, 4.69) is 49.4 Å². The summed E-state index contributed by atoms with van der Waals surface area (Å²) >= 11 is 0. The summed E-state index contributed by atoms with van der Waals surface area (Å²) in [6.45, 7) is 4.57. The minimum atomic E-state index is 0.517. The molecule has 0 amide bonds. The molecular weight excluding hydrogens is 392 g/mol. The Labute approximate surface area is 182 Å². The zero-order chi connectivity index (χ0) is 21.6. The van der Waals surface area contributed by atoms with Crippen molar-refractivity contribution in [3.05, 3.63) is 60.4 Å². The molecule has 31 heavy (non-hydrogen) atoms. The quantitative estimate of drug-likeness (QED) is 0.603. The van der Waals surface area contributed by atoms with Crippen LogP contribution in [0.4, 0.5) is 23.0 Å². The minimum Gasteiger partial charge on any atom is -0.497 e. The Kier molecular flexibility index (Phi) is 6.37. The molecule has 2 heterocycles. The van der Waals surface area contributed by atoms with E-state index in [-0.39, 0.29) is 0 Å². The largest absolute Gasteiger partial charge is 0.497 e. The van der Waals surface area contributed by atoms with Gasteiger partial charge in [0.25, 0.3) is 0 Å². The second kappa shape index (κ2) is 9.53. The number of aromatic nitrogens is 2. The van der Waals surface area contributed by atoms with Gasteiger partial charge in [-0.25, -0.2) is 9.97 Å². The zero-order valence-electron chi connectivity index (χ0n) is 17.9. The predicted octanol–water partition coefficient (Wildman–Crippen LogP) is 3.14. The van der Waals surface area contributed by atoms with Crippen molar-refractivity contribution >= 4 is 23.0 Å². The van der Waals surface area contributed by atoms with Crippen molar-refractivity contribution < 1.29 is 9.47 Å². The van der Waals surface area contributed by atoms with Gasteiger partial charge in [-0.1, -0.05) is 30.3 Å². The lowest BCUT2D eigenvalue weighted by Crippen LogP contribution is -2.46. The number of ether oxygens (including phenoxy) is 2. The first kappa shape index (κ1) is 20.7. The second-order valence-corrected chi connectivity index (χ2v) is 7.40. The molecule has 0 atom stereocenters. The number of rotatable bonds is 7. The van der Waals surface area contributed by atoms with Crippen molar-refractivity contribution in [1.29, 1.82) is 0 Å². The van der Waals surface area contributed by atoms with Crippen LogP contribution >= 0.6 is 0 Å². The van der Waals surface area contributed by atoms with Gasteiger partial charge in [0, 0.05) is 38.8 Å². The van der Waals surface area contributed by atoms with E-state index < -0.39 is 0 Å². The molecule has 0 aliphatic carbocycles. The maximum absolute atomic E-state index is 6.47. The lowest BCUT2D eigenvalue weighted by Gasteiger charge is -2.36. The van der Waals surface area contributed by atoms with Gasteiger partial charge in [-0.15, -0.1) is 0 Å². The van der Waals surface area contributed by atoms with E-state index in [9.17, 15) is 0 Å². The Morgan fingerprint density at radius 2 is 1.74 bits per heavy atom. The molecular formula is C23H28N6O2. The maximum atomic E-state index is 6.47. The number of nitrogens with two attached hydrogens (primary N) is 1. The maximum Gasteiger partial charge on any atom is 0.159 e. The van der Waals surface area contributed by atoms with Crippen LogP contribution < -0.4 is 25.4 Å². The molecule has 4 rings (SSSR count). The van der Waals surface area contributed by atoms with Crippen LogP contribution in [0.2, 0.25) is 0 Å². The molecule has 8 nitrogen and oxygen atoms in total. The summed E-state index contributed by atoms with van der Waals surface area (Å²) in [4.78, 5) is 13.5. The van der Waals surface area contributed by atoms with Gasteiger partial charge in [-0.3, -0.25) is 4.90 Å². The van der Waals surface area contributed by atoms with Crippen molar-refractivity contribution in [2.75, 3.05) is 56.3 Å². The average Bonchev–Trinajstić information content (AvgIpc) is 2.81. The third kappa shape index (κ3) is 4.80. The number of anilines is 4. The highest BCUT2D eigenvalue weighted by Gasteiger charge is 2.22. The molecule has 162 valence electrons. The number of piperazine rings is 1. The van der Waals surface area contributed by atoms with E-state index in [1.54, 1.807) is 14.2 Å². The van der Waals surface area contributed by atoms with Crippen molar-refractivity contribution in [3.63, 3.8) is 0 Å². The van der Waals surface area contributed by atoms with Gasteiger partial charge in [0.15, 0.2) is 11.6 Å². The topological polar surface area (TPSA) is 88.8 Å². The first-order valence-electron chi connectivity index (χ1n) is 10.3. The molecule has 2 aromatic carbocycles. The normalized spacial score (nSPS) is 14.3. The van der Waals surface area contributed by atoms with Gasteiger partial charge in [0.1, 0.15) is 23.5 Å². The fourth-order valence-electron chi connectivity index (χ4n) is 3.74. The predicted molar refractivity (Wildman–Crippen MR) is 123 cm³/mol. The SMILES string of the molecule is COc1ccc(OC)c(Nc2ncnc(N3CCN(Cc4ccccc4)CC3)c2N)c1. The molecule has 3 N–H and O–H groups in total. The van der Waals surface area contributed by atoms with E-state index in [1.165, 1.54) is 11.9 Å². The number of benzene rings is 2. The molecule has 1 aliphatic rings. The van der Waals surface area contributed by atoms with Crippen LogP contribution in [0.3, 0.4) is 0 Å². The number of nitrogens with zero attached hydrogens (tertiary/aromatic N) is 4. The molecule has 0 saturated carbocycles. The smallest absolute Gasteiger partial charge is 0.159 e. The number of nitrogen functional groups attached to an aromatic ring is 1. The highest BCUT2D eigenvalue weighted by molar-refractivity contribution is 5.80. The van der Waals surface area contributed by atoms with Crippen LogP contribution in [0.15, 0.2) is 54.9 Å². The summed E-state index contributed by atoms with van der Waals surface area (Å²) < 4.78 is 10.8. The molecule has 0 radical (unpaired) electrons. The molecule has 0 bridgehead atoms. The average molecular weight is 421 g/mol. The highest BCUT2D eigenvalue weighted by atomic mass is 16.5. The second-order valence-electron chi connectivity index (χ2n) is 7.40. The first-order valence-corrected chi connectivity index (χ1v) is 10.3. The van der Waals surface area contributed by atoms with Crippen LogP contribution in [0.1, 0.15) is 5.56 Å². The van der Waals surface area contributed by atoms with E-state index in [0.717, 1.165) is 44.2 Å². The van der Waals surface area contributed by atoms with Crippen LogP contribution in [0, 0.1) is 0 Å².